The normalized spacial score (nSPS) is 20.9. The van der Waals surface area contributed by atoms with Gasteiger partial charge in [0, 0.05) is 0 Å². The lowest BCUT2D eigenvalue weighted by atomic mass is 9.91. The van der Waals surface area contributed by atoms with E-state index in [0.717, 1.165) is 17.7 Å². The third-order valence-electron chi connectivity index (χ3n) is 2.71. The second-order valence-electron chi connectivity index (χ2n) is 3.69. The van der Waals surface area contributed by atoms with E-state index in [4.69, 9.17) is 9.47 Å². The van der Waals surface area contributed by atoms with Crippen LogP contribution in [0.2, 0.25) is 0 Å². The Balaban J connectivity index is 2.17. The molecule has 1 saturated heterocycles. The molecule has 1 aromatic rings. The number of carbonyl (C=O) groups is 1. The van der Waals surface area contributed by atoms with Crippen LogP contribution in [0.3, 0.4) is 0 Å². The first-order valence-electron chi connectivity index (χ1n) is 5.09. The molecule has 0 aromatic heterocycles. The zero-order chi connectivity index (χ0) is 10.7. The molecule has 1 aliphatic rings. The molecule has 3 nitrogen and oxygen atoms in total. The van der Waals surface area contributed by atoms with Gasteiger partial charge < -0.3 is 9.47 Å². The number of rotatable bonds is 2. The van der Waals surface area contributed by atoms with Crippen molar-refractivity contribution in [3.63, 3.8) is 0 Å². The monoisotopic (exact) mass is 206 g/mol. The van der Waals surface area contributed by atoms with Gasteiger partial charge in [0.1, 0.15) is 5.75 Å². The second-order valence-corrected chi connectivity index (χ2v) is 3.69. The van der Waals surface area contributed by atoms with E-state index in [-0.39, 0.29) is 11.9 Å². The Bertz CT molecular complexity index is 360. The van der Waals surface area contributed by atoms with Gasteiger partial charge in [-0.3, -0.25) is 4.79 Å². The molecule has 3 heteroatoms. The fourth-order valence-electron chi connectivity index (χ4n) is 1.86. The fraction of sp³-hybridized carbons (Fsp3) is 0.417. The van der Waals surface area contributed by atoms with Gasteiger partial charge in [0.05, 0.1) is 20.1 Å². The van der Waals surface area contributed by atoms with Gasteiger partial charge in [-0.15, -0.1) is 0 Å². The molecular weight excluding hydrogens is 192 g/mol. The Hall–Kier alpha value is -1.51. The molecule has 1 atom stereocenters. The standard InChI is InChI=1S/C12H14O3/c1-14-11-4-2-3-9(7-11)10-5-6-15-12(13)8-10/h2-4,7,10H,5-6,8H2,1H3/t10-/m0/s1. The molecule has 1 fully saturated rings. The van der Waals surface area contributed by atoms with Gasteiger partial charge >= 0.3 is 5.97 Å². The summed E-state index contributed by atoms with van der Waals surface area (Å²) in [5.74, 6) is 1.02. The largest absolute Gasteiger partial charge is 0.497 e. The lowest BCUT2D eigenvalue weighted by Gasteiger charge is -2.21. The average Bonchev–Trinajstić information content (AvgIpc) is 2.29. The smallest absolute Gasteiger partial charge is 0.306 e. The van der Waals surface area contributed by atoms with E-state index >= 15 is 0 Å². The molecule has 0 radical (unpaired) electrons. The van der Waals surface area contributed by atoms with E-state index < -0.39 is 0 Å². The number of benzene rings is 1. The van der Waals surface area contributed by atoms with Gasteiger partial charge in [-0.1, -0.05) is 12.1 Å². The summed E-state index contributed by atoms with van der Waals surface area (Å²) in [4.78, 5) is 11.1. The Morgan fingerprint density at radius 2 is 2.33 bits per heavy atom. The van der Waals surface area contributed by atoms with Crippen LogP contribution in [0.5, 0.6) is 5.75 Å². The highest BCUT2D eigenvalue weighted by molar-refractivity contribution is 5.71. The van der Waals surface area contributed by atoms with Crippen molar-refractivity contribution in [2.45, 2.75) is 18.8 Å². The summed E-state index contributed by atoms with van der Waals surface area (Å²) in [7, 11) is 1.65. The minimum absolute atomic E-state index is 0.103. The number of hydrogen-bond donors (Lipinski definition) is 0. The van der Waals surface area contributed by atoms with Crippen molar-refractivity contribution in [1.82, 2.24) is 0 Å². The first kappa shape index (κ1) is 10.0. The highest BCUT2D eigenvalue weighted by atomic mass is 16.5. The minimum atomic E-state index is -0.103. The molecule has 2 rings (SSSR count). The van der Waals surface area contributed by atoms with Gasteiger partial charge in [0.25, 0.3) is 0 Å². The first-order valence-corrected chi connectivity index (χ1v) is 5.09. The first-order chi connectivity index (χ1) is 7.29. The highest BCUT2D eigenvalue weighted by Crippen LogP contribution is 2.29. The van der Waals surface area contributed by atoms with Crippen molar-refractivity contribution < 1.29 is 14.3 Å². The van der Waals surface area contributed by atoms with Crippen LogP contribution in [-0.4, -0.2) is 19.7 Å². The Kier molecular flexibility index (Phi) is 2.90. The van der Waals surface area contributed by atoms with Crippen molar-refractivity contribution in [2.24, 2.45) is 0 Å². The summed E-state index contributed by atoms with van der Waals surface area (Å²) in [5, 5.41) is 0. The molecular formula is C12H14O3. The number of methoxy groups -OCH3 is 1. The summed E-state index contributed by atoms with van der Waals surface area (Å²) < 4.78 is 10.1. The fourth-order valence-corrected chi connectivity index (χ4v) is 1.86. The molecule has 15 heavy (non-hydrogen) atoms. The minimum Gasteiger partial charge on any atom is -0.497 e. The van der Waals surface area contributed by atoms with E-state index in [1.807, 2.05) is 24.3 Å². The maximum absolute atomic E-state index is 11.1. The molecule has 1 heterocycles. The Morgan fingerprint density at radius 1 is 1.47 bits per heavy atom. The van der Waals surface area contributed by atoms with Crippen LogP contribution in [0.4, 0.5) is 0 Å². The summed E-state index contributed by atoms with van der Waals surface area (Å²) >= 11 is 0. The van der Waals surface area contributed by atoms with Crippen LogP contribution in [0.1, 0.15) is 24.3 Å². The van der Waals surface area contributed by atoms with Gasteiger partial charge in [0.15, 0.2) is 0 Å². The molecule has 0 unspecified atom stereocenters. The lowest BCUT2D eigenvalue weighted by molar-refractivity contribution is -0.147. The van der Waals surface area contributed by atoms with Gasteiger partial charge in [0.2, 0.25) is 0 Å². The van der Waals surface area contributed by atoms with Crippen molar-refractivity contribution in [3.8, 4) is 5.75 Å². The lowest BCUT2D eigenvalue weighted by Crippen LogP contribution is -2.19. The molecule has 0 spiro atoms. The third kappa shape index (κ3) is 2.29. The van der Waals surface area contributed by atoms with Gasteiger partial charge in [-0.05, 0) is 30.0 Å². The maximum atomic E-state index is 11.1. The Labute approximate surface area is 89.0 Å². The molecule has 1 aliphatic heterocycles. The van der Waals surface area contributed by atoms with Crippen LogP contribution in [0.15, 0.2) is 24.3 Å². The van der Waals surface area contributed by atoms with Crippen LogP contribution in [0, 0.1) is 0 Å². The van der Waals surface area contributed by atoms with Gasteiger partial charge in [-0.25, -0.2) is 0 Å². The van der Waals surface area contributed by atoms with Crippen LogP contribution >= 0.6 is 0 Å². The van der Waals surface area contributed by atoms with E-state index in [2.05, 4.69) is 0 Å². The SMILES string of the molecule is COc1cccc([C@H]2CCOC(=O)C2)c1. The van der Waals surface area contributed by atoms with Gasteiger partial charge in [-0.2, -0.15) is 0 Å². The van der Waals surface area contributed by atoms with E-state index in [9.17, 15) is 4.79 Å². The van der Waals surface area contributed by atoms with Crippen LogP contribution in [0.25, 0.3) is 0 Å². The van der Waals surface area contributed by atoms with Crippen molar-refractivity contribution in [1.29, 1.82) is 0 Å². The van der Waals surface area contributed by atoms with E-state index in [1.54, 1.807) is 7.11 Å². The predicted octanol–water partition coefficient (Wildman–Crippen LogP) is 2.12. The summed E-state index contributed by atoms with van der Waals surface area (Å²) in [6, 6.07) is 7.88. The Morgan fingerprint density at radius 3 is 3.07 bits per heavy atom. The summed E-state index contributed by atoms with van der Waals surface area (Å²) in [6.45, 7) is 0.528. The molecule has 0 saturated carbocycles. The maximum Gasteiger partial charge on any atom is 0.306 e. The zero-order valence-corrected chi connectivity index (χ0v) is 8.73. The molecule has 0 bridgehead atoms. The number of cyclic esters (lactones) is 1. The van der Waals surface area contributed by atoms with Crippen molar-refractivity contribution >= 4 is 5.97 Å². The molecule has 80 valence electrons. The van der Waals surface area contributed by atoms with Crippen molar-refractivity contribution in [2.75, 3.05) is 13.7 Å². The highest BCUT2D eigenvalue weighted by Gasteiger charge is 2.22. The summed E-state index contributed by atoms with van der Waals surface area (Å²) in [6.07, 6.45) is 1.38. The van der Waals surface area contributed by atoms with E-state index in [1.165, 1.54) is 0 Å². The van der Waals surface area contributed by atoms with Crippen LogP contribution < -0.4 is 4.74 Å². The number of hydrogen-bond acceptors (Lipinski definition) is 3. The van der Waals surface area contributed by atoms with E-state index in [0.29, 0.717) is 13.0 Å². The van der Waals surface area contributed by atoms with Crippen molar-refractivity contribution in [3.05, 3.63) is 29.8 Å². The zero-order valence-electron chi connectivity index (χ0n) is 8.73. The second kappa shape index (κ2) is 4.34. The predicted molar refractivity (Wildman–Crippen MR) is 55.9 cm³/mol. The topological polar surface area (TPSA) is 35.5 Å². The average molecular weight is 206 g/mol. The van der Waals surface area contributed by atoms with Crippen LogP contribution in [-0.2, 0) is 9.53 Å². The number of ether oxygens (including phenoxy) is 2. The summed E-state index contributed by atoms with van der Waals surface area (Å²) in [5.41, 5.74) is 1.16. The molecule has 0 aliphatic carbocycles. The number of carbonyl (C=O) groups excluding carboxylic acids is 1. The number of esters is 1. The molecule has 0 N–H and O–H groups in total. The molecule has 0 amide bonds. The molecule has 1 aromatic carbocycles. The third-order valence-corrected chi connectivity index (χ3v) is 2.71. The quantitative estimate of drug-likeness (QED) is 0.695.